The van der Waals surface area contributed by atoms with E-state index < -0.39 is 6.04 Å². The molecule has 0 radical (unpaired) electrons. The van der Waals surface area contributed by atoms with Crippen molar-refractivity contribution in [3.63, 3.8) is 0 Å². The zero-order chi connectivity index (χ0) is 19.8. The summed E-state index contributed by atoms with van der Waals surface area (Å²) in [6.45, 7) is 9.77. The van der Waals surface area contributed by atoms with Crippen molar-refractivity contribution in [1.82, 2.24) is 15.5 Å². The van der Waals surface area contributed by atoms with E-state index in [1.165, 1.54) is 0 Å². The van der Waals surface area contributed by atoms with Crippen LogP contribution in [-0.2, 0) is 4.79 Å². The molecule has 2 rings (SSSR count). The van der Waals surface area contributed by atoms with Crippen LogP contribution in [0.25, 0.3) is 0 Å². The second-order valence-corrected chi connectivity index (χ2v) is 8.18. The molecule has 150 valence electrons. The summed E-state index contributed by atoms with van der Waals surface area (Å²) in [6, 6.07) is 6.25. The molecule has 0 bridgehead atoms. The summed E-state index contributed by atoms with van der Waals surface area (Å²) < 4.78 is 0. The van der Waals surface area contributed by atoms with E-state index in [1.807, 2.05) is 4.90 Å². The highest BCUT2D eigenvalue weighted by Crippen LogP contribution is 2.19. The molecule has 1 atom stereocenters. The van der Waals surface area contributed by atoms with Gasteiger partial charge in [-0.3, -0.25) is 9.59 Å². The van der Waals surface area contributed by atoms with Crippen molar-refractivity contribution in [2.24, 2.45) is 11.8 Å². The highest BCUT2D eigenvalue weighted by molar-refractivity contribution is 6.30. The molecule has 0 aromatic heterocycles. The van der Waals surface area contributed by atoms with E-state index in [-0.39, 0.29) is 11.8 Å². The molecule has 1 unspecified atom stereocenters. The highest BCUT2D eigenvalue weighted by atomic mass is 35.5. The van der Waals surface area contributed by atoms with Crippen LogP contribution in [0.5, 0.6) is 0 Å². The number of carbonyl (C=O) groups is 2. The maximum atomic E-state index is 13.0. The van der Waals surface area contributed by atoms with Crippen LogP contribution in [0.1, 0.15) is 50.4 Å². The van der Waals surface area contributed by atoms with E-state index in [2.05, 4.69) is 31.4 Å². The third kappa shape index (κ3) is 6.82. The maximum Gasteiger partial charge on any atom is 0.251 e. The molecule has 5 nitrogen and oxygen atoms in total. The lowest BCUT2D eigenvalue weighted by atomic mass is 9.95. The number of likely N-dealkylation sites (tertiary alicyclic amines) is 1. The monoisotopic (exact) mass is 393 g/mol. The molecule has 1 aromatic carbocycles. The lowest BCUT2D eigenvalue weighted by molar-refractivity contribution is -0.135. The predicted molar refractivity (Wildman–Crippen MR) is 110 cm³/mol. The van der Waals surface area contributed by atoms with E-state index in [1.54, 1.807) is 24.3 Å². The van der Waals surface area contributed by atoms with Gasteiger partial charge in [-0.05, 0) is 68.5 Å². The molecule has 1 fully saturated rings. The Hall–Kier alpha value is -1.59. The predicted octanol–water partition coefficient (Wildman–Crippen LogP) is 3.33. The molecule has 27 heavy (non-hydrogen) atoms. The smallest absolute Gasteiger partial charge is 0.251 e. The molecular weight excluding hydrogens is 362 g/mol. The molecule has 0 saturated carbocycles. The molecule has 0 spiro atoms. The number of halogens is 1. The van der Waals surface area contributed by atoms with E-state index in [0.29, 0.717) is 28.8 Å². The second kappa shape index (κ2) is 10.7. The van der Waals surface area contributed by atoms with Gasteiger partial charge >= 0.3 is 0 Å². The maximum absolute atomic E-state index is 13.0. The minimum absolute atomic E-state index is 0.0351. The zero-order valence-electron chi connectivity index (χ0n) is 16.6. The average Bonchev–Trinajstić information content (AvgIpc) is 2.65. The Bertz CT molecular complexity index is 610. The van der Waals surface area contributed by atoms with Crippen molar-refractivity contribution in [3.8, 4) is 0 Å². The van der Waals surface area contributed by atoms with Gasteiger partial charge in [-0.2, -0.15) is 0 Å². The van der Waals surface area contributed by atoms with Crippen molar-refractivity contribution < 1.29 is 9.59 Å². The van der Waals surface area contributed by atoms with Crippen LogP contribution in [0, 0.1) is 11.8 Å². The SMILES string of the molecule is CCNCC1CCN(C(=O)C(CC(C)C)NC(=O)c2ccc(Cl)cc2)CC1. The number of benzene rings is 1. The number of carbonyl (C=O) groups excluding carboxylic acids is 2. The number of hydrogen-bond acceptors (Lipinski definition) is 3. The fourth-order valence-electron chi connectivity index (χ4n) is 3.46. The van der Waals surface area contributed by atoms with E-state index in [4.69, 9.17) is 11.6 Å². The van der Waals surface area contributed by atoms with Crippen LogP contribution in [0.15, 0.2) is 24.3 Å². The molecule has 1 aliphatic rings. The third-order valence-corrected chi connectivity index (χ3v) is 5.28. The molecule has 1 aliphatic heterocycles. The molecule has 6 heteroatoms. The normalized spacial score (nSPS) is 16.4. The molecule has 0 aliphatic carbocycles. The average molecular weight is 394 g/mol. The van der Waals surface area contributed by atoms with Gasteiger partial charge in [-0.25, -0.2) is 0 Å². The summed E-state index contributed by atoms with van der Waals surface area (Å²) >= 11 is 5.89. The minimum atomic E-state index is -0.488. The second-order valence-electron chi connectivity index (χ2n) is 7.74. The summed E-state index contributed by atoms with van der Waals surface area (Å²) in [6.07, 6.45) is 2.66. The van der Waals surface area contributed by atoms with Crippen LogP contribution in [0.4, 0.5) is 0 Å². The fraction of sp³-hybridized carbons (Fsp3) is 0.619. The molecule has 2 N–H and O–H groups in total. The van der Waals surface area contributed by atoms with Crippen molar-refractivity contribution in [2.45, 2.75) is 46.1 Å². The van der Waals surface area contributed by atoms with E-state index >= 15 is 0 Å². The number of nitrogens with one attached hydrogen (secondary N) is 2. The Morgan fingerprint density at radius 2 is 1.81 bits per heavy atom. The van der Waals surface area contributed by atoms with Crippen molar-refractivity contribution in [3.05, 3.63) is 34.9 Å². The first-order valence-electron chi connectivity index (χ1n) is 9.96. The van der Waals surface area contributed by atoms with Crippen molar-refractivity contribution in [2.75, 3.05) is 26.2 Å². The minimum Gasteiger partial charge on any atom is -0.341 e. The van der Waals surface area contributed by atoms with Crippen molar-refractivity contribution in [1.29, 1.82) is 0 Å². The van der Waals surface area contributed by atoms with Gasteiger partial charge in [0.1, 0.15) is 6.04 Å². The molecule has 2 amide bonds. The summed E-state index contributed by atoms with van der Waals surface area (Å²) in [4.78, 5) is 27.5. The highest BCUT2D eigenvalue weighted by Gasteiger charge is 2.29. The van der Waals surface area contributed by atoms with Crippen LogP contribution < -0.4 is 10.6 Å². The van der Waals surface area contributed by atoms with Gasteiger partial charge in [-0.15, -0.1) is 0 Å². The van der Waals surface area contributed by atoms with E-state index in [0.717, 1.165) is 39.0 Å². The van der Waals surface area contributed by atoms with Gasteiger partial charge in [-0.1, -0.05) is 32.4 Å². The first-order chi connectivity index (χ1) is 12.9. The summed E-state index contributed by atoms with van der Waals surface area (Å²) in [5.41, 5.74) is 0.519. The van der Waals surface area contributed by atoms with Crippen LogP contribution in [0.2, 0.25) is 5.02 Å². The summed E-state index contributed by atoms with van der Waals surface area (Å²) in [5, 5.41) is 6.92. The number of piperidine rings is 1. The van der Waals surface area contributed by atoms with Gasteiger partial charge in [0, 0.05) is 23.7 Å². The molecule has 1 saturated heterocycles. The number of nitrogens with zero attached hydrogens (tertiary/aromatic N) is 1. The van der Waals surface area contributed by atoms with Gasteiger partial charge in [0.25, 0.3) is 5.91 Å². The lowest BCUT2D eigenvalue weighted by Gasteiger charge is -2.35. The number of amides is 2. The number of rotatable bonds is 8. The van der Waals surface area contributed by atoms with E-state index in [9.17, 15) is 9.59 Å². The first kappa shape index (κ1) is 21.7. The summed E-state index contributed by atoms with van der Waals surface area (Å²) in [5.74, 6) is 0.748. The van der Waals surface area contributed by atoms with Gasteiger partial charge < -0.3 is 15.5 Å². The third-order valence-electron chi connectivity index (χ3n) is 5.03. The molecular formula is C21H32ClN3O2. The first-order valence-corrected chi connectivity index (χ1v) is 10.3. The molecule has 1 aromatic rings. The van der Waals surface area contributed by atoms with Gasteiger partial charge in [0.15, 0.2) is 0 Å². The zero-order valence-corrected chi connectivity index (χ0v) is 17.4. The molecule has 1 heterocycles. The van der Waals surface area contributed by atoms with Gasteiger partial charge in [0.2, 0.25) is 5.91 Å². The van der Waals surface area contributed by atoms with Crippen molar-refractivity contribution >= 4 is 23.4 Å². The largest absolute Gasteiger partial charge is 0.341 e. The topological polar surface area (TPSA) is 61.4 Å². The number of hydrogen-bond donors (Lipinski definition) is 2. The standard InChI is InChI=1S/C21H32ClN3O2/c1-4-23-14-16-9-11-25(12-10-16)21(27)19(13-15(2)3)24-20(26)17-5-7-18(22)8-6-17/h5-8,15-16,19,23H,4,9-14H2,1-3H3,(H,24,26). The Labute approximate surface area is 167 Å². The van der Waals surface area contributed by atoms with Crippen LogP contribution >= 0.6 is 11.6 Å². The fourth-order valence-corrected chi connectivity index (χ4v) is 3.59. The van der Waals surface area contributed by atoms with Gasteiger partial charge in [0.05, 0.1) is 0 Å². The lowest BCUT2D eigenvalue weighted by Crippen LogP contribution is -2.51. The summed E-state index contributed by atoms with van der Waals surface area (Å²) in [7, 11) is 0. The Balaban J connectivity index is 1.97. The Morgan fingerprint density at radius 1 is 1.19 bits per heavy atom. The quantitative estimate of drug-likeness (QED) is 0.712. The van der Waals surface area contributed by atoms with Crippen LogP contribution in [-0.4, -0.2) is 48.9 Å². The Kier molecular flexibility index (Phi) is 8.58. The van der Waals surface area contributed by atoms with Crippen LogP contribution in [0.3, 0.4) is 0 Å². The Morgan fingerprint density at radius 3 is 2.37 bits per heavy atom.